The summed E-state index contributed by atoms with van der Waals surface area (Å²) in [7, 11) is 0. The summed E-state index contributed by atoms with van der Waals surface area (Å²) in [6, 6.07) is 6.61. The van der Waals surface area contributed by atoms with E-state index in [2.05, 4.69) is 88.5 Å². The third-order valence-corrected chi connectivity index (χ3v) is 9.46. The van der Waals surface area contributed by atoms with Crippen LogP contribution in [0.5, 0.6) is 0 Å². The Morgan fingerprint density at radius 1 is 0.591 bits per heavy atom. The van der Waals surface area contributed by atoms with E-state index in [0.717, 1.165) is 102 Å². The van der Waals surface area contributed by atoms with Crippen molar-refractivity contribution in [2.45, 2.75) is 107 Å². The van der Waals surface area contributed by atoms with Crippen molar-refractivity contribution >= 4 is 50.5 Å². The molecule has 6 nitrogen and oxygen atoms in total. The molecule has 5 heterocycles. The first-order valence-corrected chi connectivity index (χ1v) is 16.9. The van der Waals surface area contributed by atoms with Gasteiger partial charge < -0.3 is 19.7 Å². The van der Waals surface area contributed by atoms with E-state index in [1.54, 1.807) is 0 Å². The summed E-state index contributed by atoms with van der Waals surface area (Å²) in [5.41, 5.74) is 19.1. The van der Waals surface area contributed by atoms with Crippen LogP contribution in [0, 0.1) is 0 Å². The van der Waals surface area contributed by atoms with Crippen LogP contribution in [-0.4, -0.2) is 32.8 Å². The van der Waals surface area contributed by atoms with Gasteiger partial charge in [-0.05, 0) is 103 Å². The molecule has 4 aromatic heterocycles. The molecule has 44 heavy (non-hydrogen) atoms. The van der Waals surface area contributed by atoms with Gasteiger partial charge in [0.25, 0.3) is 0 Å². The molecule has 0 radical (unpaired) electrons. The number of aromatic nitrogens is 4. The Kier molecular flexibility index (Phi) is 9.57. The van der Waals surface area contributed by atoms with Gasteiger partial charge in [-0.25, -0.2) is 4.98 Å². The molecule has 0 spiro atoms. The van der Waals surface area contributed by atoms with Gasteiger partial charge in [0.05, 0.1) is 29.0 Å². The molecule has 0 saturated carbocycles. The molecule has 6 heteroatoms. The fourth-order valence-electron chi connectivity index (χ4n) is 7.52. The molecule has 0 unspecified atom stereocenters. The zero-order valence-corrected chi connectivity index (χ0v) is 28.0. The summed E-state index contributed by atoms with van der Waals surface area (Å²) in [6.07, 6.45) is 8.06. The second-order valence-electron chi connectivity index (χ2n) is 11.6. The summed E-state index contributed by atoms with van der Waals surface area (Å²) in [6.45, 7) is 18.0. The van der Waals surface area contributed by atoms with Crippen molar-refractivity contribution in [3.8, 4) is 0 Å². The number of hydrogen-bond donors (Lipinski definition) is 3. The molecule has 0 fully saturated rings. The van der Waals surface area contributed by atoms with Gasteiger partial charge in [-0.15, -0.1) is 0 Å². The second-order valence-corrected chi connectivity index (χ2v) is 11.6. The lowest BCUT2D eigenvalue weighted by atomic mass is 9.94. The molecule has 0 atom stereocenters. The highest BCUT2D eigenvalue weighted by Crippen LogP contribution is 2.39. The van der Waals surface area contributed by atoms with Crippen molar-refractivity contribution in [2.24, 2.45) is 4.99 Å². The van der Waals surface area contributed by atoms with E-state index in [4.69, 9.17) is 9.98 Å². The van der Waals surface area contributed by atoms with Gasteiger partial charge in [0, 0.05) is 33.2 Å². The fourth-order valence-corrected chi connectivity index (χ4v) is 7.52. The Bertz CT molecular complexity index is 1950. The topological polar surface area (TPSA) is 89.7 Å². The van der Waals surface area contributed by atoms with Gasteiger partial charge in [-0.1, -0.05) is 55.4 Å². The van der Waals surface area contributed by atoms with E-state index in [1.807, 2.05) is 0 Å². The second kappa shape index (κ2) is 13.4. The molecule has 1 aliphatic heterocycles. The molecule has 5 rings (SSSR count). The van der Waals surface area contributed by atoms with Crippen LogP contribution in [0.15, 0.2) is 23.2 Å². The number of carbonyl (C=O) groups excluding carboxylic acids is 1. The minimum Gasteiger partial charge on any atom is -0.355 e. The third-order valence-electron chi connectivity index (χ3n) is 9.46. The number of H-pyrrole nitrogens is 3. The molecule has 3 N–H and O–H groups in total. The average molecular weight is 592 g/mol. The minimum absolute atomic E-state index is 0.116. The van der Waals surface area contributed by atoms with Crippen molar-refractivity contribution in [2.75, 3.05) is 6.54 Å². The van der Waals surface area contributed by atoms with E-state index in [1.165, 1.54) is 50.0 Å². The third kappa shape index (κ3) is 5.12. The van der Waals surface area contributed by atoms with E-state index >= 15 is 0 Å². The quantitative estimate of drug-likeness (QED) is 0.161. The highest BCUT2D eigenvalue weighted by Gasteiger charge is 2.25. The molecule has 0 saturated heterocycles. The van der Waals surface area contributed by atoms with Gasteiger partial charge in [0.1, 0.15) is 11.6 Å². The van der Waals surface area contributed by atoms with Crippen LogP contribution < -0.4 is 5.36 Å². The number of nitrogens with zero attached hydrogens (tertiary/aromatic N) is 2. The number of carbonyl (C=O) groups is 1. The molecular formula is C38H49N5O. The molecule has 1 aliphatic rings. The Labute approximate surface area is 261 Å². The van der Waals surface area contributed by atoms with Crippen LogP contribution in [0.25, 0.3) is 44.2 Å². The van der Waals surface area contributed by atoms with Crippen molar-refractivity contribution < 1.29 is 4.79 Å². The first-order valence-electron chi connectivity index (χ1n) is 16.9. The van der Waals surface area contributed by atoms with Crippen LogP contribution in [0.3, 0.4) is 0 Å². The van der Waals surface area contributed by atoms with Crippen molar-refractivity contribution in [1.29, 1.82) is 0 Å². The lowest BCUT2D eigenvalue weighted by Gasteiger charge is -2.09. The van der Waals surface area contributed by atoms with Crippen LogP contribution >= 0.6 is 0 Å². The van der Waals surface area contributed by atoms with Crippen LogP contribution in [-0.2, 0) is 43.3 Å². The monoisotopic (exact) mass is 591 g/mol. The number of hydrogen-bond acceptors (Lipinski definition) is 3. The standard InChI is InChI=1S/C38H49N5O/c1-9-23-24(10-2)36-38(39-19-20-44)37-28(14-6)27(13-5)35(43-37)30(16-8)34-26(12-4)25(11-3)33(42-34)29(15-7)31-18-17-22(40-31)21-32(23)41-36/h17-18,20-21,40-41,43H,9-16,19H2,1-8H3. The van der Waals surface area contributed by atoms with Gasteiger partial charge in [0.15, 0.2) is 0 Å². The first kappa shape index (κ1) is 31.5. The van der Waals surface area contributed by atoms with Crippen molar-refractivity contribution in [1.82, 2.24) is 19.9 Å². The minimum atomic E-state index is 0.116. The predicted octanol–water partition coefficient (Wildman–Crippen LogP) is 8.73. The maximum atomic E-state index is 11.7. The zero-order valence-electron chi connectivity index (χ0n) is 28.0. The number of rotatable bonds is 10. The molecule has 4 aromatic rings. The number of aromatic amines is 3. The lowest BCUT2D eigenvalue weighted by Crippen LogP contribution is -2.09. The normalized spacial score (nSPS) is 13.0. The molecular weight excluding hydrogens is 542 g/mol. The predicted molar refractivity (Wildman–Crippen MR) is 186 cm³/mol. The molecule has 0 aromatic carbocycles. The lowest BCUT2D eigenvalue weighted by molar-refractivity contribution is -0.106. The van der Waals surface area contributed by atoms with E-state index in [0.29, 0.717) is 0 Å². The Morgan fingerprint density at radius 2 is 1.14 bits per heavy atom. The maximum Gasteiger partial charge on any atom is 0.141 e. The van der Waals surface area contributed by atoms with Gasteiger partial charge in [-0.2, -0.15) is 0 Å². The summed E-state index contributed by atoms with van der Waals surface area (Å²) in [4.78, 5) is 33.7. The van der Waals surface area contributed by atoms with E-state index < -0.39 is 0 Å². The van der Waals surface area contributed by atoms with Crippen molar-refractivity contribution in [3.05, 3.63) is 68.3 Å². The zero-order chi connectivity index (χ0) is 31.5. The van der Waals surface area contributed by atoms with E-state index in [-0.39, 0.29) is 6.54 Å². The molecule has 0 aliphatic carbocycles. The van der Waals surface area contributed by atoms with Gasteiger partial charge >= 0.3 is 0 Å². The highest BCUT2D eigenvalue weighted by molar-refractivity contribution is 5.96. The van der Waals surface area contributed by atoms with Gasteiger partial charge in [0.2, 0.25) is 0 Å². The maximum absolute atomic E-state index is 11.7. The summed E-state index contributed by atoms with van der Waals surface area (Å²) in [5, 5.41) is 0.846. The molecule has 0 amide bonds. The summed E-state index contributed by atoms with van der Waals surface area (Å²) in [5.74, 6) is 0. The Morgan fingerprint density at radius 3 is 1.70 bits per heavy atom. The number of aldehydes is 1. The molecule has 232 valence electrons. The average Bonchev–Trinajstić information content (AvgIpc) is 3.81. The van der Waals surface area contributed by atoms with Crippen LogP contribution in [0.4, 0.5) is 0 Å². The summed E-state index contributed by atoms with van der Waals surface area (Å²) >= 11 is 0. The highest BCUT2D eigenvalue weighted by atomic mass is 16.1. The Balaban J connectivity index is 2.20. The number of aryl methyl sites for hydroxylation is 6. The van der Waals surface area contributed by atoms with Gasteiger partial charge in [-0.3, -0.25) is 4.99 Å². The molecule has 8 bridgehead atoms. The first-order chi connectivity index (χ1) is 21.4. The Hall–Kier alpha value is -3.93. The van der Waals surface area contributed by atoms with Crippen LogP contribution in [0.1, 0.15) is 113 Å². The van der Waals surface area contributed by atoms with Crippen LogP contribution in [0.2, 0.25) is 0 Å². The van der Waals surface area contributed by atoms with E-state index in [9.17, 15) is 4.79 Å². The number of nitrogens with one attached hydrogen (secondary N) is 3. The fraction of sp³-hybridized carbons (Fsp3) is 0.447. The smallest absolute Gasteiger partial charge is 0.141 e. The van der Waals surface area contributed by atoms with Crippen molar-refractivity contribution in [3.63, 3.8) is 0 Å². The summed E-state index contributed by atoms with van der Waals surface area (Å²) < 4.78 is 0. The number of fused-ring (bicyclic) bond motifs is 8. The number of allylic oxidation sites excluding steroid dienone is 2. The SMILES string of the molecule is CCC1=C(CC)c2nc1c(CC)c1ccc(cc3[nH]c(c(CC)c3CC)c(=NCC=O)c3[nH]c(c2CC)c(CC)c3CC)[nH]1. The largest absolute Gasteiger partial charge is 0.355 e.